The first kappa shape index (κ1) is 12.3. The normalized spacial score (nSPS) is 27.1. The summed E-state index contributed by atoms with van der Waals surface area (Å²) < 4.78 is 0. The van der Waals surface area contributed by atoms with Crippen molar-refractivity contribution >= 4 is 17.2 Å². The second kappa shape index (κ2) is 4.98. The molecule has 0 amide bonds. The molecule has 3 nitrogen and oxygen atoms in total. The summed E-state index contributed by atoms with van der Waals surface area (Å²) in [6, 6.07) is 0. The van der Waals surface area contributed by atoms with E-state index in [1.54, 1.807) is 0 Å². The molecule has 2 N–H and O–H groups in total. The molecule has 0 aromatic carbocycles. The van der Waals surface area contributed by atoms with Crippen LogP contribution in [-0.2, 0) is 0 Å². The highest BCUT2D eigenvalue weighted by atomic mass is 32.1. The highest BCUT2D eigenvalue weighted by Gasteiger charge is 2.42. The molecule has 1 heterocycles. The van der Waals surface area contributed by atoms with Gasteiger partial charge >= 0.3 is 0 Å². The summed E-state index contributed by atoms with van der Waals surface area (Å²) in [4.78, 5) is 5.78. The van der Waals surface area contributed by atoms with Crippen LogP contribution >= 0.6 is 12.2 Å². The fraction of sp³-hybridized carbons (Fsp3) is 0.917. The zero-order chi connectivity index (χ0) is 11.6. The summed E-state index contributed by atoms with van der Waals surface area (Å²) in [6.07, 6.45) is 4.92. The van der Waals surface area contributed by atoms with Crippen molar-refractivity contribution in [2.24, 2.45) is 5.73 Å². The topological polar surface area (TPSA) is 32.5 Å². The minimum absolute atomic E-state index is 0.0646. The largest absolute Gasteiger partial charge is 0.392 e. The van der Waals surface area contributed by atoms with Crippen molar-refractivity contribution in [2.75, 3.05) is 32.7 Å². The van der Waals surface area contributed by atoms with E-state index in [1.807, 2.05) is 0 Å². The van der Waals surface area contributed by atoms with E-state index >= 15 is 0 Å². The Morgan fingerprint density at radius 1 is 1.19 bits per heavy atom. The van der Waals surface area contributed by atoms with Gasteiger partial charge in [-0.1, -0.05) is 32.0 Å². The van der Waals surface area contributed by atoms with Crippen LogP contribution in [0.15, 0.2) is 0 Å². The van der Waals surface area contributed by atoms with Gasteiger partial charge in [0.25, 0.3) is 0 Å². The second-order valence-electron chi connectivity index (χ2n) is 5.02. The molecule has 2 fully saturated rings. The van der Waals surface area contributed by atoms with Crippen molar-refractivity contribution in [1.29, 1.82) is 0 Å². The van der Waals surface area contributed by atoms with Crippen LogP contribution in [0.1, 0.15) is 32.6 Å². The molecule has 16 heavy (non-hydrogen) atoms. The molecule has 1 aliphatic carbocycles. The molecule has 1 saturated heterocycles. The summed E-state index contributed by atoms with van der Waals surface area (Å²) in [5.41, 5.74) is 6.07. The van der Waals surface area contributed by atoms with E-state index in [4.69, 9.17) is 18.0 Å². The summed E-state index contributed by atoms with van der Waals surface area (Å²) >= 11 is 5.33. The quantitative estimate of drug-likeness (QED) is 0.753. The van der Waals surface area contributed by atoms with Gasteiger partial charge in [0.1, 0.15) is 0 Å². The van der Waals surface area contributed by atoms with Crippen LogP contribution in [-0.4, -0.2) is 53.1 Å². The molecule has 0 radical (unpaired) electrons. The van der Waals surface area contributed by atoms with Gasteiger partial charge in [0.15, 0.2) is 0 Å². The van der Waals surface area contributed by atoms with Crippen LogP contribution in [0.3, 0.4) is 0 Å². The van der Waals surface area contributed by atoms with Gasteiger partial charge in [0.2, 0.25) is 0 Å². The van der Waals surface area contributed by atoms with Crippen LogP contribution < -0.4 is 5.73 Å². The molecular weight excluding hydrogens is 218 g/mol. The molecule has 92 valence electrons. The first-order valence-electron chi connectivity index (χ1n) is 6.46. The van der Waals surface area contributed by atoms with Gasteiger partial charge in [-0.2, -0.15) is 0 Å². The number of hydrogen-bond donors (Lipinski definition) is 1. The molecule has 0 aromatic rings. The van der Waals surface area contributed by atoms with Gasteiger partial charge in [-0.3, -0.25) is 4.90 Å². The van der Waals surface area contributed by atoms with Gasteiger partial charge in [0.05, 0.1) is 10.5 Å². The van der Waals surface area contributed by atoms with Gasteiger partial charge in [-0.25, -0.2) is 0 Å². The SMILES string of the molecule is CCN1CCN(C2(C(N)=S)CCCC2)CC1. The molecule has 4 heteroatoms. The van der Waals surface area contributed by atoms with Gasteiger partial charge in [0, 0.05) is 26.2 Å². The lowest BCUT2D eigenvalue weighted by molar-refractivity contribution is 0.0749. The lowest BCUT2D eigenvalue weighted by Gasteiger charge is -2.45. The van der Waals surface area contributed by atoms with E-state index in [0.29, 0.717) is 0 Å². The maximum Gasteiger partial charge on any atom is 0.0933 e. The number of rotatable bonds is 3. The van der Waals surface area contributed by atoms with Crippen molar-refractivity contribution < 1.29 is 0 Å². The van der Waals surface area contributed by atoms with Crippen LogP contribution in [0.5, 0.6) is 0 Å². The monoisotopic (exact) mass is 241 g/mol. The molecule has 0 spiro atoms. The maximum atomic E-state index is 6.01. The maximum absolute atomic E-state index is 6.01. The fourth-order valence-electron chi connectivity index (χ4n) is 3.17. The molecule has 0 aromatic heterocycles. The van der Waals surface area contributed by atoms with E-state index in [2.05, 4.69) is 16.7 Å². The lowest BCUT2D eigenvalue weighted by Crippen LogP contribution is -2.60. The van der Waals surface area contributed by atoms with E-state index in [9.17, 15) is 0 Å². The Morgan fingerprint density at radius 2 is 1.75 bits per heavy atom. The Kier molecular flexibility index (Phi) is 3.82. The molecule has 1 saturated carbocycles. The first-order valence-corrected chi connectivity index (χ1v) is 6.87. The Balaban J connectivity index is 2.03. The number of nitrogens with zero attached hydrogens (tertiary/aromatic N) is 2. The van der Waals surface area contributed by atoms with Crippen molar-refractivity contribution in [3.63, 3.8) is 0 Å². The molecule has 1 aliphatic heterocycles. The highest BCUT2D eigenvalue weighted by molar-refractivity contribution is 7.80. The summed E-state index contributed by atoms with van der Waals surface area (Å²) in [6.45, 7) is 7.99. The van der Waals surface area contributed by atoms with Gasteiger partial charge < -0.3 is 10.6 Å². The molecular formula is C12H23N3S. The summed E-state index contributed by atoms with van der Waals surface area (Å²) in [5.74, 6) is 0. The predicted molar refractivity (Wildman–Crippen MR) is 71.7 cm³/mol. The smallest absolute Gasteiger partial charge is 0.0933 e. The summed E-state index contributed by atoms with van der Waals surface area (Å²) in [5, 5.41) is 0. The Hall–Kier alpha value is -0.190. The van der Waals surface area contributed by atoms with E-state index in [1.165, 1.54) is 38.8 Å². The van der Waals surface area contributed by atoms with Gasteiger partial charge in [-0.15, -0.1) is 0 Å². The zero-order valence-corrected chi connectivity index (χ0v) is 11.1. The third kappa shape index (κ3) is 2.11. The number of piperazine rings is 1. The van der Waals surface area contributed by atoms with Crippen LogP contribution in [0, 0.1) is 0 Å². The van der Waals surface area contributed by atoms with Crippen LogP contribution in [0.25, 0.3) is 0 Å². The number of likely N-dealkylation sites (N-methyl/N-ethyl adjacent to an activating group) is 1. The third-order valence-electron chi connectivity index (χ3n) is 4.31. The number of hydrogen-bond acceptors (Lipinski definition) is 3. The molecule has 0 unspecified atom stereocenters. The lowest BCUT2D eigenvalue weighted by atomic mass is 9.94. The van der Waals surface area contributed by atoms with E-state index in [-0.39, 0.29) is 5.54 Å². The summed E-state index contributed by atoms with van der Waals surface area (Å²) in [7, 11) is 0. The standard InChI is InChI=1S/C12H23N3S/c1-2-14-7-9-15(10-8-14)12(11(13)16)5-3-4-6-12/h2-10H2,1H3,(H2,13,16). The van der Waals surface area contributed by atoms with Gasteiger partial charge in [-0.05, 0) is 19.4 Å². The minimum atomic E-state index is 0.0646. The Labute approximate surface area is 104 Å². The van der Waals surface area contributed by atoms with E-state index < -0.39 is 0 Å². The van der Waals surface area contributed by atoms with Crippen LogP contribution in [0.2, 0.25) is 0 Å². The molecule has 0 atom stereocenters. The van der Waals surface area contributed by atoms with Crippen LogP contribution in [0.4, 0.5) is 0 Å². The minimum Gasteiger partial charge on any atom is -0.392 e. The number of thiocarbonyl (C=S) groups is 1. The Morgan fingerprint density at radius 3 is 2.19 bits per heavy atom. The second-order valence-corrected chi connectivity index (χ2v) is 5.46. The highest BCUT2D eigenvalue weighted by Crippen LogP contribution is 2.36. The van der Waals surface area contributed by atoms with Crippen molar-refractivity contribution in [1.82, 2.24) is 9.80 Å². The zero-order valence-electron chi connectivity index (χ0n) is 10.2. The van der Waals surface area contributed by atoms with Crippen molar-refractivity contribution in [3.05, 3.63) is 0 Å². The van der Waals surface area contributed by atoms with E-state index in [0.717, 1.165) is 24.6 Å². The van der Waals surface area contributed by atoms with Crippen molar-refractivity contribution in [2.45, 2.75) is 38.1 Å². The molecule has 2 rings (SSSR count). The predicted octanol–water partition coefficient (Wildman–Crippen LogP) is 1.22. The number of nitrogens with two attached hydrogens (primary N) is 1. The Bertz CT molecular complexity index is 253. The fourth-order valence-corrected chi connectivity index (χ4v) is 3.50. The van der Waals surface area contributed by atoms with Crippen molar-refractivity contribution in [3.8, 4) is 0 Å². The first-order chi connectivity index (χ1) is 7.69. The average Bonchev–Trinajstić information content (AvgIpc) is 2.79. The molecule has 2 aliphatic rings. The average molecular weight is 241 g/mol. The third-order valence-corrected chi connectivity index (χ3v) is 4.69. The molecule has 0 bridgehead atoms.